The van der Waals surface area contributed by atoms with Crippen LogP contribution in [-0.4, -0.2) is 43.4 Å². The second kappa shape index (κ2) is 7.46. The lowest BCUT2D eigenvalue weighted by atomic mass is 10.2. The molecule has 0 saturated carbocycles. The molecule has 1 aromatic rings. The summed E-state index contributed by atoms with van der Waals surface area (Å²) < 4.78 is 44.2. The van der Waals surface area contributed by atoms with Crippen LogP contribution in [0.2, 0.25) is 0 Å². The molecule has 0 aromatic carbocycles. The van der Waals surface area contributed by atoms with Gasteiger partial charge in [0.2, 0.25) is 5.03 Å². The predicted octanol–water partition coefficient (Wildman–Crippen LogP) is 1.43. The van der Waals surface area contributed by atoms with E-state index in [4.69, 9.17) is 4.74 Å². The first kappa shape index (κ1) is 17.5. The molecule has 0 bridgehead atoms. The van der Waals surface area contributed by atoms with Gasteiger partial charge < -0.3 is 4.74 Å². The molecule has 1 aromatic heterocycles. The van der Waals surface area contributed by atoms with Crippen molar-refractivity contribution < 1.29 is 22.3 Å². The first-order chi connectivity index (χ1) is 9.78. The zero-order valence-electron chi connectivity index (χ0n) is 12.2. The standard InChI is InChI=1S/C13H19FN2O4S/c1-4-20-12(17)9-16(8-10(2)3)21(18,19)13-11(14)6-5-7-15-13/h5-7,10H,4,8-9H2,1-3H3. The fraction of sp³-hybridized carbons (Fsp3) is 0.538. The summed E-state index contributed by atoms with van der Waals surface area (Å²) in [6, 6.07) is 2.31. The summed E-state index contributed by atoms with van der Waals surface area (Å²) in [4.78, 5) is 15.1. The average molecular weight is 318 g/mol. The summed E-state index contributed by atoms with van der Waals surface area (Å²) in [6.07, 6.45) is 1.19. The lowest BCUT2D eigenvalue weighted by Gasteiger charge is -2.22. The molecule has 0 aliphatic heterocycles. The van der Waals surface area contributed by atoms with Crippen molar-refractivity contribution in [1.82, 2.24) is 9.29 Å². The van der Waals surface area contributed by atoms with E-state index in [1.165, 1.54) is 12.3 Å². The predicted molar refractivity (Wildman–Crippen MR) is 74.4 cm³/mol. The smallest absolute Gasteiger partial charge is 0.321 e. The van der Waals surface area contributed by atoms with E-state index in [0.29, 0.717) is 0 Å². The molecule has 8 heteroatoms. The molecule has 0 atom stereocenters. The molecule has 0 radical (unpaired) electrons. The number of halogens is 1. The Morgan fingerprint density at radius 1 is 1.48 bits per heavy atom. The highest BCUT2D eigenvalue weighted by Gasteiger charge is 2.31. The first-order valence-electron chi connectivity index (χ1n) is 6.55. The number of hydrogen-bond donors (Lipinski definition) is 0. The molecule has 21 heavy (non-hydrogen) atoms. The van der Waals surface area contributed by atoms with Crippen molar-refractivity contribution in [3.05, 3.63) is 24.1 Å². The Balaban J connectivity index is 3.12. The van der Waals surface area contributed by atoms with Gasteiger partial charge in [0.15, 0.2) is 5.82 Å². The number of ether oxygens (including phenoxy) is 1. The summed E-state index contributed by atoms with van der Waals surface area (Å²) in [7, 11) is -4.19. The van der Waals surface area contributed by atoms with Crippen molar-refractivity contribution >= 4 is 16.0 Å². The molecule has 6 nitrogen and oxygen atoms in total. The molecule has 0 amide bonds. The van der Waals surface area contributed by atoms with Crippen LogP contribution in [0.15, 0.2) is 23.4 Å². The van der Waals surface area contributed by atoms with Gasteiger partial charge in [-0.3, -0.25) is 4.79 Å². The molecule has 1 rings (SSSR count). The number of hydrogen-bond acceptors (Lipinski definition) is 5. The van der Waals surface area contributed by atoms with Crippen LogP contribution < -0.4 is 0 Å². The topological polar surface area (TPSA) is 76.6 Å². The molecular weight excluding hydrogens is 299 g/mol. The van der Waals surface area contributed by atoms with E-state index >= 15 is 0 Å². The maximum absolute atomic E-state index is 13.7. The first-order valence-corrected chi connectivity index (χ1v) is 7.99. The van der Waals surface area contributed by atoms with E-state index in [0.717, 1.165) is 10.4 Å². The molecule has 0 unspecified atom stereocenters. The number of carbonyl (C=O) groups excluding carboxylic acids is 1. The molecule has 0 saturated heterocycles. The summed E-state index contributed by atoms with van der Waals surface area (Å²) >= 11 is 0. The lowest BCUT2D eigenvalue weighted by Crippen LogP contribution is -2.39. The number of pyridine rings is 1. The van der Waals surface area contributed by atoms with Gasteiger partial charge in [0.05, 0.1) is 6.61 Å². The van der Waals surface area contributed by atoms with Gasteiger partial charge in [-0.25, -0.2) is 17.8 Å². The van der Waals surface area contributed by atoms with Crippen LogP contribution in [0.25, 0.3) is 0 Å². The van der Waals surface area contributed by atoms with Gasteiger partial charge >= 0.3 is 5.97 Å². The Morgan fingerprint density at radius 2 is 2.14 bits per heavy atom. The van der Waals surface area contributed by atoms with Gasteiger partial charge in [0, 0.05) is 12.7 Å². The van der Waals surface area contributed by atoms with Crippen molar-refractivity contribution in [2.45, 2.75) is 25.8 Å². The Hall–Kier alpha value is -1.54. The van der Waals surface area contributed by atoms with Crippen molar-refractivity contribution in [3.63, 3.8) is 0 Å². The van der Waals surface area contributed by atoms with Gasteiger partial charge in [-0.05, 0) is 25.0 Å². The van der Waals surface area contributed by atoms with Crippen LogP contribution in [0.1, 0.15) is 20.8 Å². The molecule has 0 aliphatic rings. The summed E-state index contributed by atoms with van der Waals surface area (Å²) in [5, 5.41) is -0.685. The molecule has 0 aliphatic carbocycles. The molecule has 0 fully saturated rings. The number of sulfonamides is 1. The number of nitrogens with zero attached hydrogens (tertiary/aromatic N) is 2. The largest absolute Gasteiger partial charge is 0.465 e. The monoisotopic (exact) mass is 318 g/mol. The van der Waals surface area contributed by atoms with Crippen LogP contribution >= 0.6 is 0 Å². The van der Waals surface area contributed by atoms with E-state index in [2.05, 4.69) is 4.98 Å². The van der Waals surface area contributed by atoms with E-state index in [1.54, 1.807) is 20.8 Å². The van der Waals surface area contributed by atoms with E-state index in [9.17, 15) is 17.6 Å². The summed E-state index contributed by atoms with van der Waals surface area (Å²) in [6.45, 7) is 4.95. The van der Waals surface area contributed by atoms with Crippen molar-refractivity contribution in [1.29, 1.82) is 0 Å². The number of aromatic nitrogens is 1. The van der Waals surface area contributed by atoms with E-state index in [1.807, 2.05) is 0 Å². The normalized spacial score (nSPS) is 11.9. The third-order valence-electron chi connectivity index (χ3n) is 2.49. The van der Waals surface area contributed by atoms with Crippen molar-refractivity contribution in [2.24, 2.45) is 5.92 Å². The second-order valence-electron chi connectivity index (χ2n) is 4.79. The number of carbonyl (C=O) groups is 1. The lowest BCUT2D eigenvalue weighted by molar-refractivity contribution is -0.143. The SMILES string of the molecule is CCOC(=O)CN(CC(C)C)S(=O)(=O)c1ncccc1F. The van der Waals surface area contributed by atoms with Gasteiger partial charge in [0.25, 0.3) is 10.0 Å². The zero-order valence-corrected chi connectivity index (χ0v) is 13.1. The van der Waals surface area contributed by atoms with Gasteiger partial charge in [-0.1, -0.05) is 13.8 Å². The fourth-order valence-corrected chi connectivity index (χ4v) is 3.21. The minimum Gasteiger partial charge on any atom is -0.465 e. The van der Waals surface area contributed by atoms with Gasteiger partial charge in [0.1, 0.15) is 6.54 Å². The third kappa shape index (κ3) is 4.75. The van der Waals surface area contributed by atoms with Crippen LogP contribution in [0.5, 0.6) is 0 Å². The van der Waals surface area contributed by atoms with E-state index in [-0.39, 0.29) is 19.1 Å². The Kier molecular flexibility index (Phi) is 6.22. The quantitative estimate of drug-likeness (QED) is 0.711. The highest BCUT2D eigenvalue weighted by atomic mass is 32.2. The minimum absolute atomic E-state index is 0.0408. The average Bonchev–Trinajstić information content (AvgIpc) is 2.38. The van der Waals surface area contributed by atoms with Crippen LogP contribution in [-0.2, 0) is 19.6 Å². The van der Waals surface area contributed by atoms with Crippen molar-refractivity contribution in [3.8, 4) is 0 Å². The molecule has 118 valence electrons. The maximum atomic E-state index is 13.7. The van der Waals surface area contributed by atoms with Crippen LogP contribution in [0.4, 0.5) is 4.39 Å². The van der Waals surface area contributed by atoms with Crippen LogP contribution in [0.3, 0.4) is 0 Å². The maximum Gasteiger partial charge on any atom is 0.321 e. The Bertz CT molecular complexity index is 590. The fourth-order valence-electron chi connectivity index (χ4n) is 1.69. The van der Waals surface area contributed by atoms with Crippen molar-refractivity contribution in [2.75, 3.05) is 19.7 Å². The Labute approximate surface area is 124 Å². The minimum atomic E-state index is -4.19. The zero-order chi connectivity index (χ0) is 16.0. The van der Waals surface area contributed by atoms with Gasteiger partial charge in [-0.15, -0.1) is 0 Å². The van der Waals surface area contributed by atoms with Gasteiger partial charge in [-0.2, -0.15) is 4.31 Å². The highest BCUT2D eigenvalue weighted by Crippen LogP contribution is 2.17. The molecule has 0 spiro atoms. The Morgan fingerprint density at radius 3 is 2.67 bits per heavy atom. The van der Waals surface area contributed by atoms with E-state index < -0.39 is 33.4 Å². The number of esters is 1. The summed E-state index contributed by atoms with van der Waals surface area (Å²) in [5.41, 5.74) is 0. The molecule has 0 N–H and O–H groups in total. The third-order valence-corrected chi connectivity index (χ3v) is 4.24. The molecule has 1 heterocycles. The van der Waals surface area contributed by atoms with Crippen LogP contribution in [0, 0.1) is 11.7 Å². The number of rotatable bonds is 7. The summed E-state index contributed by atoms with van der Waals surface area (Å²) in [5.74, 6) is -1.67. The highest BCUT2D eigenvalue weighted by molar-refractivity contribution is 7.89. The molecular formula is C13H19FN2O4S. The second-order valence-corrected chi connectivity index (χ2v) is 6.64.